The Bertz CT molecular complexity index is 271. The average Bonchev–Trinajstić information content (AvgIpc) is 2.39. The molecule has 1 heterocycles. The summed E-state index contributed by atoms with van der Waals surface area (Å²) in [6.45, 7) is 2.23. The van der Waals surface area contributed by atoms with E-state index in [2.05, 4.69) is 28.9 Å². The third kappa shape index (κ3) is 5.36. The fourth-order valence-corrected chi connectivity index (χ4v) is 3.39. The van der Waals surface area contributed by atoms with Gasteiger partial charge in [-0.05, 0) is 40.4 Å². The molecule has 0 bridgehead atoms. The molecule has 0 saturated heterocycles. The molecule has 0 saturated carbocycles. The molecule has 1 rings (SSSR count). The second-order valence-corrected chi connectivity index (χ2v) is 6.19. The van der Waals surface area contributed by atoms with Crippen LogP contribution in [0.15, 0.2) is 9.85 Å². The molecule has 4 heteroatoms. The van der Waals surface area contributed by atoms with Crippen LogP contribution in [-0.2, 0) is 6.42 Å². The van der Waals surface area contributed by atoms with Crippen molar-refractivity contribution in [2.24, 2.45) is 0 Å². The first-order chi connectivity index (χ1) is 6.24. The van der Waals surface area contributed by atoms with E-state index in [0.29, 0.717) is 0 Å². The Morgan fingerprint density at radius 3 is 2.64 bits per heavy atom. The number of rotatable bonds is 5. The van der Waals surface area contributed by atoms with Gasteiger partial charge < -0.3 is 2.85 Å². The third-order valence-electron chi connectivity index (χ3n) is 2.03. The molecule has 0 aliphatic heterocycles. The molecule has 0 N–H and O–H groups in total. The van der Waals surface area contributed by atoms with Gasteiger partial charge in [-0.2, -0.15) is 0 Å². The number of thiophene rings is 1. The molecule has 1 aromatic rings. The first kappa shape index (κ1) is 15.2. The molecule has 0 unspecified atom stereocenters. The summed E-state index contributed by atoms with van der Waals surface area (Å²) < 4.78 is 2.09. The Kier molecular flexibility index (Phi) is 9.14. The van der Waals surface area contributed by atoms with E-state index in [0.717, 1.165) is 14.5 Å². The Balaban J connectivity index is -0.000000563. The van der Waals surface area contributed by atoms with Crippen molar-refractivity contribution < 1.29 is 2.85 Å². The standard InChI is InChI=1S/C10H14BrClS.Mg.2H/c1-2-3-4-5-6-8-7-9(11)13-10(8)12;;;/h7H,2-6H2,1H3;;;/q;+2;2*-1. The van der Waals surface area contributed by atoms with Crippen LogP contribution in [0.5, 0.6) is 0 Å². The number of aryl methyl sites for hydroxylation is 1. The van der Waals surface area contributed by atoms with E-state index in [1.165, 1.54) is 31.2 Å². The van der Waals surface area contributed by atoms with Crippen LogP contribution >= 0.6 is 38.9 Å². The minimum atomic E-state index is 0. The van der Waals surface area contributed by atoms with Crippen molar-refractivity contribution >= 4 is 61.9 Å². The maximum atomic E-state index is 6.05. The van der Waals surface area contributed by atoms with Crippen molar-refractivity contribution in [3.8, 4) is 0 Å². The maximum absolute atomic E-state index is 6.05. The number of hydrogen-bond donors (Lipinski definition) is 0. The topological polar surface area (TPSA) is 0 Å². The summed E-state index contributed by atoms with van der Waals surface area (Å²) in [5.41, 5.74) is 1.30. The van der Waals surface area contributed by atoms with E-state index in [1.807, 2.05) is 0 Å². The van der Waals surface area contributed by atoms with Gasteiger partial charge in [0.05, 0.1) is 8.12 Å². The van der Waals surface area contributed by atoms with Crippen LogP contribution in [0.25, 0.3) is 0 Å². The van der Waals surface area contributed by atoms with Crippen molar-refractivity contribution in [3.05, 3.63) is 19.8 Å². The van der Waals surface area contributed by atoms with E-state index in [1.54, 1.807) is 11.3 Å². The Labute approximate surface area is 123 Å². The zero-order valence-electron chi connectivity index (χ0n) is 10.5. The zero-order chi connectivity index (χ0) is 9.68. The molecule has 78 valence electrons. The van der Waals surface area contributed by atoms with Crippen molar-refractivity contribution in [1.29, 1.82) is 0 Å². The second kappa shape index (κ2) is 8.40. The maximum Gasteiger partial charge on any atom is 2.00 e. The quantitative estimate of drug-likeness (QED) is 0.522. The van der Waals surface area contributed by atoms with E-state index in [4.69, 9.17) is 11.6 Å². The van der Waals surface area contributed by atoms with Gasteiger partial charge in [-0.25, -0.2) is 0 Å². The van der Waals surface area contributed by atoms with Crippen molar-refractivity contribution in [2.75, 3.05) is 0 Å². The fourth-order valence-electron chi connectivity index (χ4n) is 1.29. The number of hydrogen-bond acceptors (Lipinski definition) is 1. The molecule has 0 nitrogen and oxygen atoms in total. The minimum Gasteiger partial charge on any atom is -1.00 e. The SMILES string of the molecule is CCCCCCc1cc(Br)sc1Cl.[H-].[H-].[Mg+2]. The van der Waals surface area contributed by atoms with E-state index in [9.17, 15) is 0 Å². The van der Waals surface area contributed by atoms with Gasteiger partial charge in [0.1, 0.15) is 0 Å². The summed E-state index contributed by atoms with van der Waals surface area (Å²) in [4.78, 5) is 0. The number of unbranched alkanes of at least 4 members (excludes halogenated alkanes) is 3. The van der Waals surface area contributed by atoms with Crippen molar-refractivity contribution in [2.45, 2.75) is 39.0 Å². The van der Waals surface area contributed by atoms with E-state index >= 15 is 0 Å². The summed E-state index contributed by atoms with van der Waals surface area (Å²) in [6, 6.07) is 2.14. The van der Waals surface area contributed by atoms with Crippen molar-refractivity contribution in [1.82, 2.24) is 0 Å². The summed E-state index contributed by atoms with van der Waals surface area (Å²) >= 11 is 11.1. The fraction of sp³-hybridized carbons (Fsp3) is 0.600. The first-order valence-corrected chi connectivity index (χ1v) is 6.66. The predicted octanol–water partition coefficient (Wildman–Crippen LogP) is 5.13. The van der Waals surface area contributed by atoms with Gasteiger partial charge in [-0.3, -0.25) is 0 Å². The van der Waals surface area contributed by atoms with Crippen LogP contribution in [-0.4, -0.2) is 23.1 Å². The smallest absolute Gasteiger partial charge is 1.00 e. The summed E-state index contributed by atoms with van der Waals surface area (Å²) in [5, 5.41) is 0. The van der Waals surface area contributed by atoms with Crippen LogP contribution in [0.3, 0.4) is 0 Å². The molecule has 0 spiro atoms. The average molecular weight is 308 g/mol. The molecule has 0 amide bonds. The predicted molar refractivity (Wildman–Crippen MR) is 72.9 cm³/mol. The van der Waals surface area contributed by atoms with Crippen LogP contribution < -0.4 is 0 Å². The molecule has 0 atom stereocenters. The molecular weight excluding hydrogens is 292 g/mol. The Morgan fingerprint density at radius 1 is 1.43 bits per heavy atom. The summed E-state index contributed by atoms with van der Waals surface area (Å²) in [7, 11) is 0. The van der Waals surface area contributed by atoms with Crippen LogP contribution in [0.2, 0.25) is 4.34 Å². The monoisotopic (exact) mass is 306 g/mol. The van der Waals surface area contributed by atoms with E-state index < -0.39 is 0 Å². The minimum absolute atomic E-state index is 0. The molecule has 14 heavy (non-hydrogen) atoms. The third-order valence-corrected chi connectivity index (χ3v) is 3.97. The van der Waals surface area contributed by atoms with Crippen molar-refractivity contribution in [3.63, 3.8) is 0 Å². The molecular formula is C10H16BrClMgS. The number of halogens is 2. The molecule has 0 aliphatic rings. The zero-order valence-corrected chi connectivity index (χ0v) is 13.1. The van der Waals surface area contributed by atoms with Gasteiger partial charge in [-0.1, -0.05) is 37.8 Å². The van der Waals surface area contributed by atoms with Gasteiger partial charge in [0.15, 0.2) is 0 Å². The normalized spacial score (nSPS) is 9.93. The molecule has 0 fully saturated rings. The summed E-state index contributed by atoms with van der Waals surface area (Å²) in [5.74, 6) is 0. The van der Waals surface area contributed by atoms with Gasteiger partial charge in [0.2, 0.25) is 0 Å². The van der Waals surface area contributed by atoms with E-state index in [-0.39, 0.29) is 25.9 Å². The summed E-state index contributed by atoms with van der Waals surface area (Å²) in [6.07, 6.45) is 6.34. The Morgan fingerprint density at radius 2 is 2.14 bits per heavy atom. The van der Waals surface area contributed by atoms with Gasteiger partial charge in [0, 0.05) is 0 Å². The van der Waals surface area contributed by atoms with Crippen LogP contribution in [0.1, 0.15) is 41.0 Å². The molecule has 0 aromatic carbocycles. The van der Waals surface area contributed by atoms with Gasteiger partial charge in [-0.15, -0.1) is 11.3 Å². The molecule has 0 radical (unpaired) electrons. The largest absolute Gasteiger partial charge is 2.00 e. The molecule has 1 aromatic heterocycles. The first-order valence-electron chi connectivity index (χ1n) is 4.67. The van der Waals surface area contributed by atoms with Crippen LogP contribution in [0.4, 0.5) is 0 Å². The van der Waals surface area contributed by atoms with Gasteiger partial charge in [0.25, 0.3) is 0 Å². The second-order valence-electron chi connectivity index (χ2n) is 3.16. The van der Waals surface area contributed by atoms with Gasteiger partial charge >= 0.3 is 23.1 Å². The van der Waals surface area contributed by atoms with Crippen LogP contribution in [0, 0.1) is 0 Å². The molecule has 0 aliphatic carbocycles. The Hall–Kier alpha value is 1.24.